The molecule has 0 bridgehead atoms. The van der Waals surface area contributed by atoms with E-state index in [0.29, 0.717) is 6.04 Å². The van der Waals surface area contributed by atoms with Gasteiger partial charge >= 0.3 is 0 Å². The molecule has 3 heterocycles. The summed E-state index contributed by atoms with van der Waals surface area (Å²) >= 11 is 0. The second-order valence-electron chi connectivity index (χ2n) is 5.12. The number of ether oxygens (including phenoxy) is 2. The van der Waals surface area contributed by atoms with E-state index in [-0.39, 0.29) is 6.10 Å². The van der Waals surface area contributed by atoms with Gasteiger partial charge in [-0.3, -0.25) is 0 Å². The van der Waals surface area contributed by atoms with Crippen molar-refractivity contribution in [1.82, 2.24) is 4.98 Å². The molecule has 0 aliphatic carbocycles. The Kier molecular flexibility index (Phi) is 3.84. The number of hydrogen-bond donors (Lipinski definition) is 1. The maximum Gasteiger partial charge on any atom is 0.126 e. The van der Waals surface area contributed by atoms with Gasteiger partial charge in [0, 0.05) is 19.7 Å². The van der Waals surface area contributed by atoms with Crippen molar-refractivity contribution in [3.05, 3.63) is 18.3 Å². The topological polar surface area (TPSA) is 46.6 Å². The Labute approximate surface area is 113 Å². The van der Waals surface area contributed by atoms with Gasteiger partial charge < -0.3 is 19.7 Å². The summed E-state index contributed by atoms with van der Waals surface area (Å²) in [6.07, 6.45) is 3.25. The fourth-order valence-corrected chi connectivity index (χ4v) is 2.59. The fourth-order valence-electron chi connectivity index (χ4n) is 2.59. The predicted molar refractivity (Wildman–Crippen MR) is 74.7 cm³/mol. The minimum atomic E-state index is 0.265. The molecule has 0 aromatic carbocycles. The first-order valence-corrected chi connectivity index (χ1v) is 7.00. The van der Waals surface area contributed by atoms with E-state index in [9.17, 15) is 0 Å². The summed E-state index contributed by atoms with van der Waals surface area (Å²) in [5.41, 5.74) is 1.17. The van der Waals surface area contributed by atoms with Crippen LogP contribution < -0.4 is 10.2 Å². The number of nitrogens with one attached hydrogen (secondary N) is 1. The summed E-state index contributed by atoms with van der Waals surface area (Å²) in [6.45, 7) is 6.44. The van der Waals surface area contributed by atoms with Gasteiger partial charge in [0.2, 0.25) is 0 Å². The van der Waals surface area contributed by atoms with E-state index in [0.717, 1.165) is 45.1 Å². The predicted octanol–water partition coefficient (Wildman–Crippen LogP) is 1.51. The molecule has 2 saturated heterocycles. The van der Waals surface area contributed by atoms with Gasteiger partial charge in [-0.2, -0.15) is 0 Å². The largest absolute Gasteiger partial charge is 0.378 e. The number of nitrogens with zero attached hydrogens (tertiary/aromatic N) is 2. The summed E-state index contributed by atoms with van der Waals surface area (Å²) in [6, 6.07) is 4.55. The molecule has 5 nitrogen and oxygen atoms in total. The molecule has 0 radical (unpaired) electrons. The monoisotopic (exact) mass is 263 g/mol. The molecule has 2 unspecified atom stereocenters. The molecule has 5 heteroatoms. The molecule has 0 spiro atoms. The van der Waals surface area contributed by atoms with Gasteiger partial charge in [0.15, 0.2) is 0 Å². The Morgan fingerprint density at radius 2 is 2.11 bits per heavy atom. The standard InChI is InChI=1S/C14H21N3O2/c1-11-13(4-7-19-11)16-14-3-2-12(10-15-14)17-5-8-18-9-6-17/h2-3,10-11,13H,4-9H2,1H3,(H,15,16). The molecule has 104 valence electrons. The second kappa shape index (κ2) is 5.75. The number of hydrogen-bond acceptors (Lipinski definition) is 5. The van der Waals surface area contributed by atoms with Crippen LogP contribution in [0.15, 0.2) is 18.3 Å². The van der Waals surface area contributed by atoms with Gasteiger partial charge in [-0.1, -0.05) is 0 Å². The molecule has 2 aliphatic heterocycles. The van der Waals surface area contributed by atoms with Crippen LogP contribution in [0.2, 0.25) is 0 Å². The van der Waals surface area contributed by atoms with Crippen molar-refractivity contribution in [3.63, 3.8) is 0 Å². The third-order valence-corrected chi connectivity index (χ3v) is 3.83. The molecule has 1 aromatic rings. The van der Waals surface area contributed by atoms with Crippen molar-refractivity contribution in [2.75, 3.05) is 43.1 Å². The van der Waals surface area contributed by atoms with E-state index in [1.807, 2.05) is 6.20 Å². The molecule has 2 fully saturated rings. The zero-order chi connectivity index (χ0) is 13.1. The number of rotatable bonds is 3. The Morgan fingerprint density at radius 1 is 1.26 bits per heavy atom. The lowest BCUT2D eigenvalue weighted by Gasteiger charge is -2.28. The lowest BCUT2D eigenvalue weighted by Crippen LogP contribution is -2.36. The number of morpholine rings is 1. The highest BCUT2D eigenvalue weighted by Gasteiger charge is 2.24. The fraction of sp³-hybridized carbons (Fsp3) is 0.643. The van der Waals surface area contributed by atoms with Gasteiger partial charge in [-0.05, 0) is 25.5 Å². The van der Waals surface area contributed by atoms with Crippen molar-refractivity contribution in [3.8, 4) is 0 Å². The third kappa shape index (κ3) is 2.98. The third-order valence-electron chi connectivity index (χ3n) is 3.83. The molecular formula is C14H21N3O2. The van der Waals surface area contributed by atoms with E-state index >= 15 is 0 Å². The molecular weight excluding hydrogens is 242 g/mol. The van der Waals surface area contributed by atoms with Gasteiger partial charge in [-0.25, -0.2) is 4.98 Å². The molecule has 1 N–H and O–H groups in total. The van der Waals surface area contributed by atoms with Crippen molar-refractivity contribution in [1.29, 1.82) is 0 Å². The quantitative estimate of drug-likeness (QED) is 0.895. The van der Waals surface area contributed by atoms with E-state index in [1.54, 1.807) is 0 Å². The zero-order valence-corrected chi connectivity index (χ0v) is 11.3. The van der Waals surface area contributed by atoms with E-state index in [1.165, 1.54) is 5.69 Å². The normalized spacial score (nSPS) is 27.5. The highest BCUT2D eigenvalue weighted by molar-refractivity contribution is 5.50. The van der Waals surface area contributed by atoms with Crippen LogP contribution in [0.3, 0.4) is 0 Å². The van der Waals surface area contributed by atoms with Crippen LogP contribution in [0.1, 0.15) is 13.3 Å². The summed E-state index contributed by atoms with van der Waals surface area (Å²) in [7, 11) is 0. The summed E-state index contributed by atoms with van der Waals surface area (Å²) < 4.78 is 10.9. The van der Waals surface area contributed by atoms with Gasteiger partial charge in [0.25, 0.3) is 0 Å². The summed E-state index contributed by atoms with van der Waals surface area (Å²) in [5.74, 6) is 0.930. The highest BCUT2D eigenvalue weighted by atomic mass is 16.5. The van der Waals surface area contributed by atoms with Crippen LogP contribution in [0.4, 0.5) is 11.5 Å². The van der Waals surface area contributed by atoms with Crippen LogP contribution in [0, 0.1) is 0 Å². The summed E-state index contributed by atoms with van der Waals surface area (Å²) in [5, 5.41) is 3.44. The minimum absolute atomic E-state index is 0.265. The number of anilines is 2. The molecule has 2 atom stereocenters. The zero-order valence-electron chi connectivity index (χ0n) is 11.3. The molecule has 2 aliphatic rings. The van der Waals surface area contributed by atoms with Crippen LogP contribution >= 0.6 is 0 Å². The first kappa shape index (κ1) is 12.7. The van der Waals surface area contributed by atoms with Gasteiger partial charge in [0.05, 0.1) is 37.2 Å². The Morgan fingerprint density at radius 3 is 2.74 bits per heavy atom. The van der Waals surface area contributed by atoms with Crippen molar-refractivity contribution in [2.45, 2.75) is 25.5 Å². The lowest BCUT2D eigenvalue weighted by molar-refractivity contribution is 0.121. The Bertz CT molecular complexity index is 404. The van der Waals surface area contributed by atoms with E-state index in [4.69, 9.17) is 9.47 Å². The molecule has 3 rings (SSSR count). The summed E-state index contributed by atoms with van der Waals surface area (Å²) in [4.78, 5) is 6.81. The second-order valence-corrected chi connectivity index (χ2v) is 5.12. The average molecular weight is 263 g/mol. The molecule has 0 saturated carbocycles. The van der Waals surface area contributed by atoms with Crippen molar-refractivity contribution >= 4 is 11.5 Å². The SMILES string of the molecule is CC1OCCC1Nc1ccc(N2CCOCC2)cn1. The van der Waals surface area contributed by atoms with Crippen molar-refractivity contribution in [2.24, 2.45) is 0 Å². The molecule has 19 heavy (non-hydrogen) atoms. The Balaban J connectivity index is 1.61. The molecule has 0 amide bonds. The van der Waals surface area contributed by atoms with Crippen LogP contribution in [0.25, 0.3) is 0 Å². The number of pyridine rings is 1. The molecule has 1 aromatic heterocycles. The van der Waals surface area contributed by atoms with Gasteiger partial charge in [0.1, 0.15) is 5.82 Å². The number of aromatic nitrogens is 1. The average Bonchev–Trinajstić information content (AvgIpc) is 2.86. The van der Waals surface area contributed by atoms with E-state index < -0.39 is 0 Å². The van der Waals surface area contributed by atoms with Gasteiger partial charge in [-0.15, -0.1) is 0 Å². The maximum absolute atomic E-state index is 5.54. The van der Waals surface area contributed by atoms with Crippen LogP contribution in [-0.2, 0) is 9.47 Å². The first-order valence-electron chi connectivity index (χ1n) is 7.00. The van der Waals surface area contributed by atoms with Crippen molar-refractivity contribution < 1.29 is 9.47 Å². The highest BCUT2D eigenvalue weighted by Crippen LogP contribution is 2.20. The smallest absolute Gasteiger partial charge is 0.126 e. The van der Waals surface area contributed by atoms with Crippen LogP contribution in [-0.4, -0.2) is 50.0 Å². The minimum Gasteiger partial charge on any atom is -0.378 e. The van der Waals surface area contributed by atoms with Crippen LogP contribution in [0.5, 0.6) is 0 Å². The Hall–Kier alpha value is -1.33. The first-order chi connectivity index (χ1) is 9.33. The maximum atomic E-state index is 5.54. The van der Waals surface area contributed by atoms with E-state index in [2.05, 4.69) is 34.3 Å². The lowest BCUT2D eigenvalue weighted by atomic mass is 10.1.